The minimum Gasteiger partial charge on any atom is -0.340 e. The summed E-state index contributed by atoms with van der Waals surface area (Å²) in [6.45, 7) is 2.28. The molecule has 112 valence electrons. The number of nitrogens with zero attached hydrogens (tertiary/aromatic N) is 2. The Morgan fingerprint density at radius 3 is 2.80 bits per heavy atom. The summed E-state index contributed by atoms with van der Waals surface area (Å²) in [4.78, 5) is 15.6. The number of likely N-dealkylation sites (N-methyl/N-ethyl adjacent to an activating group) is 1. The average molecular weight is 302 g/mol. The molecule has 1 amide bonds. The number of carbonyl (C=O) groups excluding carboxylic acids is 1. The Labute approximate surface area is 125 Å². The van der Waals surface area contributed by atoms with Crippen LogP contribution in [0.5, 0.6) is 0 Å². The summed E-state index contributed by atoms with van der Waals surface area (Å²) >= 11 is 0. The Morgan fingerprint density at radius 2 is 2.20 bits per heavy atom. The molecule has 0 aromatic heterocycles. The van der Waals surface area contributed by atoms with Crippen molar-refractivity contribution in [3.63, 3.8) is 0 Å². The molecule has 1 saturated heterocycles. The minimum atomic E-state index is -0.273. The molecule has 1 aliphatic rings. The third-order valence-corrected chi connectivity index (χ3v) is 3.46. The summed E-state index contributed by atoms with van der Waals surface area (Å²) in [6, 6.07) is 6.70. The van der Waals surface area contributed by atoms with Gasteiger partial charge < -0.3 is 10.6 Å². The lowest BCUT2D eigenvalue weighted by molar-refractivity contribution is -0.131. The predicted octanol–water partition coefficient (Wildman–Crippen LogP) is 1.24. The zero-order valence-electron chi connectivity index (χ0n) is 11.6. The van der Waals surface area contributed by atoms with Crippen molar-refractivity contribution in [1.29, 1.82) is 0 Å². The van der Waals surface area contributed by atoms with Crippen LogP contribution < -0.4 is 5.73 Å². The van der Waals surface area contributed by atoms with E-state index in [-0.39, 0.29) is 30.2 Å². The van der Waals surface area contributed by atoms with Crippen molar-refractivity contribution in [2.45, 2.75) is 19.0 Å². The highest BCUT2D eigenvalue weighted by atomic mass is 35.5. The fourth-order valence-electron chi connectivity index (χ4n) is 2.29. The van der Waals surface area contributed by atoms with Crippen molar-refractivity contribution < 1.29 is 9.18 Å². The molecule has 0 aliphatic carbocycles. The molecule has 1 aliphatic heterocycles. The highest BCUT2D eigenvalue weighted by molar-refractivity contribution is 5.85. The minimum absolute atomic E-state index is 0. The molecule has 0 unspecified atom stereocenters. The second-order valence-corrected chi connectivity index (χ2v) is 5.13. The quantitative estimate of drug-likeness (QED) is 0.910. The molecule has 1 fully saturated rings. The number of benzene rings is 1. The van der Waals surface area contributed by atoms with Crippen LogP contribution in [0.2, 0.25) is 0 Å². The maximum Gasteiger partial charge on any atom is 0.236 e. The van der Waals surface area contributed by atoms with Crippen LogP contribution in [0.4, 0.5) is 4.39 Å². The van der Waals surface area contributed by atoms with E-state index in [1.165, 1.54) is 6.07 Å². The number of rotatable bonds is 4. The molecule has 1 aromatic carbocycles. The van der Waals surface area contributed by atoms with E-state index < -0.39 is 0 Å². The van der Waals surface area contributed by atoms with E-state index >= 15 is 0 Å². The molecule has 4 nitrogen and oxygen atoms in total. The number of hydrogen-bond acceptors (Lipinski definition) is 3. The second kappa shape index (κ2) is 7.57. The van der Waals surface area contributed by atoms with Gasteiger partial charge in [0.25, 0.3) is 0 Å². The summed E-state index contributed by atoms with van der Waals surface area (Å²) in [5, 5.41) is 0. The van der Waals surface area contributed by atoms with Crippen LogP contribution in [0.3, 0.4) is 0 Å². The number of amides is 1. The van der Waals surface area contributed by atoms with Gasteiger partial charge in [-0.1, -0.05) is 18.2 Å². The molecular weight excluding hydrogens is 281 g/mol. The summed E-state index contributed by atoms with van der Waals surface area (Å²) < 4.78 is 13.5. The summed E-state index contributed by atoms with van der Waals surface area (Å²) in [5.41, 5.74) is 6.34. The molecule has 0 bridgehead atoms. The molecule has 6 heteroatoms. The van der Waals surface area contributed by atoms with Gasteiger partial charge in [0.2, 0.25) is 5.91 Å². The normalized spacial score (nSPS) is 18.6. The van der Waals surface area contributed by atoms with Crippen molar-refractivity contribution in [1.82, 2.24) is 9.80 Å². The van der Waals surface area contributed by atoms with Crippen LogP contribution in [0.15, 0.2) is 24.3 Å². The Bertz CT molecular complexity index is 458. The number of halogens is 2. The van der Waals surface area contributed by atoms with Gasteiger partial charge in [0.05, 0.1) is 6.54 Å². The Morgan fingerprint density at radius 1 is 1.50 bits per heavy atom. The van der Waals surface area contributed by atoms with E-state index in [0.717, 1.165) is 19.5 Å². The third kappa shape index (κ3) is 4.44. The predicted molar refractivity (Wildman–Crippen MR) is 79.2 cm³/mol. The zero-order valence-corrected chi connectivity index (χ0v) is 12.4. The van der Waals surface area contributed by atoms with Crippen molar-refractivity contribution in [2.24, 2.45) is 5.73 Å². The highest BCUT2D eigenvalue weighted by Crippen LogP contribution is 2.10. The van der Waals surface area contributed by atoms with Gasteiger partial charge in [0.15, 0.2) is 0 Å². The molecule has 1 aromatic rings. The summed E-state index contributed by atoms with van der Waals surface area (Å²) in [5.74, 6) is -0.275. The Balaban J connectivity index is 0.00000200. The van der Waals surface area contributed by atoms with Gasteiger partial charge in [-0.2, -0.15) is 0 Å². The van der Waals surface area contributed by atoms with Crippen LogP contribution in [-0.4, -0.2) is 48.4 Å². The Hall–Kier alpha value is -1.17. The van der Waals surface area contributed by atoms with Crippen molar-refractivity contribution >= 4 is 18.3 Å². The molecule has 2 rings (SSSR count). The smallest absolute Gasteiger partial charge is 0.236 e. The van der Waals surface area contributed by atoms with Crippen molar-refractivity contribution in [2.75, 3.05) is 26.7 Å². The number of hydrogen-bond donors (Lipinski definition) is 1. The molecular formula is C14H21ClFN3O. The maximum absolute atomic E-state index is 13.5. The topological polar surface area (TPSA) is 49.6 Å². The molecule has 2 N–H and O–H groups in total. The van der Waals surface area contributed by atoms with Crippen LogP contribution in [0.25, 0.3) is 0 Å². The standard InChI is InChI=1S/C14H20FN3O.ClH/c1-17(8-11-4-2-3-5-13(11)15)14(19)10-18-7-6-12(16)9-18;/h2-5,12H,6-10,16H2,1H3;1H/t12-;/m0./s1. The van der Waals surface area contributed by atoms with Gasteiger partial charge in [-0.15, -0.1) is 12.4 Å². The average Bonchev–Trinajstić information content (AvgIpc) is 2.77. The monoisotopic (exact) mass is 301 g/mol. The van der Waals surface area contributed by atoms with E-state index in [2.05, 4.69) is 0 Å². The lowest BCUT2D eigenvalue weighted by atomic mass is 10.2. The molecule has 0 saturated carbocycles. The van der Waals surface area contributed by atoms with E-state index in [1.54, 1.807) is 30.1 Å². The van der Waals surface area contributed by atoms with Crippen LogP contribution in [-0.2, 0) is 11.3 Å². The van der Waals surface area contributed by atoms with E-state index in [9.17, 15) is 9.18 Å². The highest BCUT2D eigenvalue weighted by Gasteiger charge is 2.22. The molecule has 0 spiro atoms. The third-order valence-electron chi connectivity index (χ3n) is 3.46. The summed E-state index contributed by atoms with van der Waals surface area (Å²) in [7, 11) is 1.70. The van der Waals surface area contributed by atoms with E-state index in [1.807, 2.05) is 4.90 Å². The first-order valence-electron chi connectivity index (χ1n) is 6.51. The largest absolute Gasteiger partial charge is 0.340 e. The maximum atomic E-state index is 13.5. The van der Waals surface area contributed by atoms with E-state index in [0.29, 0.717) is 18.7 Å². The van der Waals surface area contributed by atoms with Gasteiger partial charge in [0, 0.05) is 38.3 Å². The number of nitrogens with two attached hydrogens (primary N) is 1. The summed E-state index contributed by atoms with van der Waals surface area (Å²) in [6.07, 6.45) is 0.935. The fourth-order valence-corrected chi connectivity index (χ4v) is 2.29. The van der Waals surface area contributed by atoms with Gasteiger partial charge in [0.1, 0.15) is 5.82 Å². The number of carbonyl (C=O) groups is 1. The van der Waals surface area contributed by atoms with Crippen molar-refractivity contribution in [3.8, 4) is 0 Å². The zero-order chi connectivity index (χ0) is 13.8. The molecule has 1 heterocycles. The molecule has 1 atom stereocenters. The second-order valence-electron chi connectivity index (χ2n) is 5.13. The number of likely N-dealkylation sites (tertiary alicyclic amines) is 1. The lowest BCUT2D eigenvalue weighted by Crippen LogP contribution is -2.38. The van der Waals surface area contributed by atoms with Crippen LogP contribution in [0.1, 0.15) is 12.0 Å². The fraction of sp³-hybridized carbons (Fsp3) is 0.500. The SMILES string of the molecule is CN(Cc1ccccc1F)C(=O)CN1CC[C@H](N)C1.Cl. The van der Waals surface area contributed by atoms with Crippen LogP contribution >= 0.6 is 12.4 Å². The van der Waals surface area contributed by atoms with Gasteiger partial charge in [-0.25, -0.2) is 4.39 Å². The lowest BCUT2D eigenvalue weighted by Gasteiger charge is -2.21. The van der Waals surface area contributed by atoms with Gasteiger partial charge in [-0.3, -0.25) is 9.69 Å². The van der Waals surface area contributed by atoms with Gasteiger partial charge in [-0.05, 0) is 12.5 Å². The molecule has 20 heavy (non-hydrogen) atoms. The molecule has 0 radical (unpaired) electrons. The van der Waals surface area contributed by atoms with Gasteiger partial charge >= 0.3 is 0 Å². The van der Waals surface area contributed by atoms with Crippen molar-refractivity contribution in [3.05, 3.63) is 35.6 Å². The Kier molecular flexibility index (Phi) is 6.39. The first-order valence-corrected chi connectivity index (χ1v) is 6.51. The van der Waals surface area contributed by atoms with Crippen LogP contribution in [0, 0.1) is 5.82 Å². The van der Waals surface area contributed by atoms with E-state index in [4.69, 9.17) is 5.73 Å². The first kappa shape index (κ1) is 16.9. The first-order chi connectivity index (χ1) is 9.06.